The fraction of sp³-hybridized carbons (Fsp3) is 0.500. The number of alkyl halides is 1. The number of carboxylic acid groups (broad SMARTS) is 1. The maximum atomic E-state index is 12.4. The fourth-order valence-electron chi connectivity index (χ4n) is 3.50. The van der Waals surface area contributed by atoms with E-state index in [1.807, 2.05) is 30.3 Å². The summed E-state index contributed by atoms with van der Waals surface area (Å²) in [7, 11) is 0. The number of carboxylic acids is 1. The highest BCUT2D eigenvalue weighted by atomic mass is 79.9. The monoisotopic (exact) mass is 383 g/mol. The van der Waals surface area contributed by atoms with Crippen molar-refractivity contribution < 1.29 is 24.5 Å². The molecule has 2 saturated heterocycles. The summed E-state index contributed by atoms with van der Waals surface area (Å²) in [6.45, 7) is 0.522. The molecular weight excluding hydrogens is 366 g/mol. The average molecular weight is 384 g/mol. The number of piperidine rings is 2. The van der Waals surface area contributed by atoms with Crippen LogP contribution < -0.4 is 0 Å². The zero-order valence-electron chi connectivity index (χ0n) is 12.3. The molecule has 1 aliphatic carbocycles. The molecule has 1 aromatic carbocycles. The number of ether oxygens (including phenoxy) is 1. The number of aliphatic carboxylic acids is 1. The third-order valence-corrected chi connectivity index (χ3v) is 5.93. The number of carbonyl (C=O) groups is 2. The molecule has 0 radical (unpaired) electrons. The van der Waals surface area contributed by atoms with Gasteiger partial charge in [0.2, 0.25) is 0 Å². The van der Waals surface area contributed by atoms with Crippen molar-refractivity contribution in [3.8, 4) is 0 Å². The molecule has 2 aliphatic heterocycles. The number of nitrogens with zero attached hydrogens (tertiary/aromatic N) is 1. The van der Waals surface area contributed by atoms with Crippen molar-refractivity contribution in [1.82, 2.24) is 4.90 Å². The summed E-state index contributed by atoms with van der Waals surface area (Å²) < 4.78 is 5.30. The Morgan fingerprint density at radius 2 is 2.00 bits per heavy atom. The molecular formula is C16H18BrNO5. The van der Waals surface area contributed by atoms with Crippen LogP contribution in [0.25, 0.3) is 0 Å². The lowest BCUT2D eigenvalue weighted by Crippen LogP contribution is -2.67. The fourth-order valence-corrected chi connectivity index (χ4v) is 4.19. The lowest BCUT2D eigenvalue weighted by Gasteiger charge is -2.52. The van der Waals surface area contributed by atoms with Crippen molar-refractivity contribution in [3.05, 3.63) is 35.9 Å². The zero-order chi connectivity index (χ0) is 16.6. The Labute approximate surface area is 142 Å². The minimum absolute atomic E-state index is 0.0969. The van der Waals surface area contributed by atoms with E-state index < -0.39 is 30.1 Å². The van der Waals surface area contributed by atoms with Crippen LogP contribution in [0.2, 0.25) is 0 Å². The predicted octanol–water partition coefficient (Wildman–Crippen LogP) is 1.85. The van der Waals surface area contributed by atoms with E-state index in [1.54, 1.807) is 0 Å². The highest BCUT2D eigenvalue weighted by Crippen LogP contribution is 2.43. The molecule has 1 aromatic rings. The Kier molecular flexibility index (Phi) is 4.59. The number of hydrogen-bond donors (Lipinski definition) is 2. The van der Waals surface area contributed by atoms with E-state index in [0.717, 1.165) is 5.56 Å². The maximum absolute atomic E-state index is 12.4. The van der Waals surface area contributed by atoms with Crippen LogP contribution >= 0.6 is 15.9 Å². The van der Waals surface area contributed by atoms with Crippen LogP contribution in [0.1, 0.15) is 12.0 Å². The molecule has 0 aromatic heterocycles. The minimum Gasteiger partial charge on any atom is -0.481 e. The molecule has 124 valence electrons. The topological polar surface area (TPSA) is 87.1 Å². The molecule has 1 amide bonds. The summed E-state index contributed by atoms with van der Waals surface area (Å²) in [5.41, 5.74) is 0.858. The summed E-state index contributed by atoms with van der Waals surface area (Å²) >= 11 is 3.42. The molecule has 3 fully saturated rings. The molecule has 5 atom stereocenters. The van der Waals surface area contributed by atoms with Gasteiger partial charge in [-0.3, -0.25) is 4.79 Å². The van der Waals surface area contributed by atoms with Gasteiger partial charge in [0.25, 0.3) is 0 Å². The van der Waals surface area contributed by atoms with E-state index in [1.165, 1.54) is 4.90 Å². The Balaban J connectivity index is 1.71. The molecule has 6 nitrogen and oxygen atoms in total. The second-order valence-corrected chi connectivity index (χ2v) is 7.12. The number of halogens is 1. The Bertz CT molecular complexity index is 593. The van der Waals surface area contributed by atoms with E-state index in [4.69, 9.17) is 4.74 Å². The van der Waals surface area contributed by atoms with Gasteiger partial charge in [0, 0.05) is 11.4 Å². The second kappa shape index (κ2) is 6.49. The zero-order valence-corrected chi connectivity index (χ0v) is 13.9. The maximum Gasteiger partial charge on any atom is 0.410 e. The smallest absolute Gasteiger partial charge is 0.410 e. The van der Waals surface area contributed by atoms with Crippen molar-refractivity contribution in [2.45, 2.75) is 30.0 Å². The third kappa shape index (κ3) is 3.07. The first-order valence-electron chi connectivity index (χ1n) is 7.51. The second-order valence-electron chi connectivity index (χ2n) is 6.06. The van der Waals surface area contributed by atoms with Crippen molar-refractivity contribution in [1.29, 1.82) is 0 Å². The molecule has 0 spiro atoms. The molecule has 4 rings (SSSR count). The molecule has 23 heavy (non-hydrogen) atoms. The van der Waals surface area contributed by atoms with Crippen LogP contribution in [0.3, 0.4) is 0 Å². The first-order chi connectivity index (χ1) is 11.0. The van der Waals surface area contributed by atoms with Crippen LogP contribution in [-0.2, 0) is 16.1 Å². The van der Waals surface area contributed by atoms with E-state index in [0.29, 0.717) is 13.0 Å². The Hall–Kier alpha value is -1.60. The minimum atomic E-state index is -0.987. The highest BCUT2D eigenvalue weighted by Gasteiger charge is 2.55. The number of amides is 1. The number of rotatable bonds is 3. The standard InChI is InChI=1S/C16H18BrNO5/c17-12-10-6-11(15(20)21)13(14(12)19)18(7-10)16(22)23-8-9-4-2-1-3-5-9/h1-5,10-14,19H,6-8H2,(H,20,21)/t10-,11+,12+,13-,14-/m1/s1. The van der Waals surface area contributed by atoms with Gasteiger partial charge in [-0.25, -0.2) is 4.79 Å². The number of benzene rings is 1. The van der Waals surface area contributed by atoms with Crippen molar-refractivity contribution in [2.75, 3.05) is 6.54 Å². The van der Waals surface area contributed by atoms with E-state index >= 15 is 0 Å². The summed E-state index contributed by atoms with van der Waals surface area (Å²) in [6, 6.07) is 8.51. The van der Waals surface area contributed by atoms with Gasteiger partial charge in [0.05, 0.1) is 18.1 Å². The third-order valence-electron chi connectivity index (χ3n) is 4.64. The van der Waals surface area contributed by atoms with Gasteiger partial charge in [0.1, 0.15) is 6.61 Å². The van der Waals surface area contributed by atoms with Crippen LogP contribution in [0.4, 0.5) is 4.79 Å². The van der Waals surface area contributed by atoms with Gasteiger partial charge in [-0.2, -0.15) is 0 Å². The number of hydrogen-bond acceptors (Lipinski definition) is 4. The van der Waals surface area contributed by atoms with Crippen LogP contribution in [0.5, 0.6) is 0 Å². The SMILES string of the molecule is O=C(O)[C@H]1C[C@@H]2CN(C(=O)OCc3ccccc3)[C@H]1[C@H](O)[C@H]2Br. The molecule has 7 heteroatoms. The van der Waals surface area contributed by atoms with Gasteiger partial charge in [0.15, 0.2) is 0 Å². The summed E-state index contributed by atoms with van der Waals surface area (Å²) in [4.78, 5) is 25.0. The van der Waals surface area contributed by atoms with Gasteiger partial charge in [-0.1, -0.05) is 46.3 Å². The van der Waals surface area contributed by atoms with Crippen molar-refractivity contribution >= 4 is 28.0 Å². The van der Waals surface area contributed by atoms with E-state index in [2.05, 4.69) is 15.9 Å². The molecule has 0 unspecified atom stereocenters. The van der Waals surface area contributed by atoms with Gasteiger partial charge in [-0.05, 0) is 17.9 Å². The Morgan fingerprint density at radius 1 is 1.30 bits per heavy atom. The largest absolute Gasteiger partial charge is 0.481 e. The molecule has 2 N–H and O–H groups in total. The first kappa shape index (κ1) is 16.3. The van der Waals surface area contributed by atoms with Crippen molar-refractivity contribution in [3.63, 3.8) is 0 Å². The lowest BCUT2D eigenvalue weighted by atomic mass is 9.71. The van der Waals surface area contributed by atoms with Crippen molar-refractivity contribution in [2.24, 2.45) is 11.8 Å². The van der Waals surface area contributed by atoms with Gasteiger partial charge >= 0.3 is 12.1 Å². The Morgan fingerprint density at radius 3 is 2.61 bits per heavy atom. The molecule has 3 aliphatic rings. The molecule has 2 heterocycles. The van der Waals surface area contributed by atoms with E-state index in [9.17, 15) is 19.8 Å². The number of carbonyl (C=O) groups excluding carboxylic acids is 1. The summed E-state index contributed by atoms with van der Waals surface area (Å²) in [6.07, 6.45) is -1.03. The lowest BCUT2D eigenvalue weighted by molar-refractivity contribution is -0.155. The first-order valence-corrected chi connectivity index (χ1v) is 8.43. The number of fused-ring (bicyclic) bond motifs is 3. The highest BCUT2D eigenvalue weighted by molar-refractivity contribution is 9.09. The average Bonchev–Trinajstić information content (AvgIpc) is 2.57. The number of aliphatic hydroxyl groups excluding tert-OH is 1. The summed E-state index contributed by atoms with van der Waals surface area (Å²) in [5, 5.41) is 19.7. The summed E-state index contributed by atoms with van der Waals surface area (Å²) in [5.74, 6) is -1.85. The quantitative estimate of drug-likeness (QED) is 0.777. The van der Waals surface area contributed by atoms with Crippen LogP contribution in [-0.4, -0.2) is 50.7 Å². The molecule has 1 saturated carbocycles. The van der Waals surface area contributed by atoms with Gasteiger partial charge in [-0.15, -0.1) is 0 Å². The van der Waals surface area contributed by atoms with Crippen LogP contribution in [0, 0.1) is 11.8 Å². The van der Waals surface area contributed by atoms with E-state index in [-0.39, 0.29) is 17.4 Å². The van der Waals surface area contributed by atoms with Crippen LogP contribution in [0.15, 0.2) is 30.3 Å². The number of aliphatic hydroxyl groups is 1. The predicted molar refractivity (Wildman–Crippen MR) is 85.1 cm³/mol. The normalized spacial score (nSPS) is 32.6. The van der Waals surface area contributed by atoms with Gasteiger partial charge < -0.3 is 19.8 Å². The molecule has 2 bridgehead atoms.